The second-order valence-electron chi connectivity index (χ2n) is 9.82. The van der Waals surface area contributed by atoms with Crippen LogP contribution in [0.5, 0.6) is 5.75 Å². The Hall–Kier alpha value is -3.06. The number of carbonyl (C=O) groups excluding carboxylic acids is 2. The fourth-order valence-corrected chi connectivity index (χ4v) is 4.70. The monoisotopic (exact) mass is 540 g/mol. The summed E-state index contributed by atoms with van der Waals surface area (Å²) in [4.78, 5) is 32.4. The number of aryl methyl sites for hydroxylation is 1. The van der Waals surface area contributed by atoms with Crippen molar-refractivity contribution in [2.24, 2.45) is 0 Å². The molecule has 0 fully saturated rings. The van der Waals surface area contributed by atoms with Crippen molar-refractivity contribution in [2.75, 3.05) is 13.2 Å². The molecule has 8 heteroatoms. The van der Waals surface area contributed by atoms with Crippen molar-refractivity contribution in [2.45, 2.75) is 84.8 Å². The number of hydrogen-bond acceptors (Lipinski definition) is 4. The van der Waals surface area contributed by atoms with E-state index in [9.17, 15) is 9.59 Å². The minimum atomic E-state index is -0.146. The number of nitrogens with zero attached hydrogens (tertiary/aromatic N) is 3. The molecule has 0 saturated carbocycles. The van der Waals surface area contributed by atoms with Gasteiger partial charge in [0.15, 0.2) is 6.61 Å². The molecule has 1 heterocycles. The van der Waals surface area contributed by atoms with E-state index in [1.807, 2.05) is 29.2 Å². The van der Waals surface area contributed by atoms with E-state index in [1.54, 1.807) is 24.3 Å². The second kappa shape index (κ2) is 14.8. The molecule has 7 nitrogen and oxygen atoms in total. The molecule has 2 aromatic carbocycles. The van der Waals surface area contributed by atoms with Gasteiger partial charge >= 0.3 is 0 Å². The summed E-state index contributed by atoms with van der Waals surface area (Å²) in [5, 5.41) is 3.53. The standard InChI is InChI=1S/C30H41ClN4O3/c1-5-22(3)35(23(4)6-2)30(37)20-34-27-13-10-9-12-26(27)33-28(34)14-8-7-11-19-32-29(36)21-38-25-17-15-24(31)16-18-25/h9-10,12-13,15-18,22-23H,5-8,11,14,19-21H2,1-4H3,(H,32,36). The molecule has 0 spiro atoms. The molecule has 0 radical (unpaired) electrons. The smallest absolute Gasteiger partial charge is 0.257 e. The number of para-hydroxylation sites is 2. The Balaban J connectivity index is 1.51. The third-order valence-electron chi connectivity index (χ3n) is 7.03. The van der Waals surface area contributed by atoms with Gasteiger partial charge in [0.1, 0.15) is 18.1 Å². The molecule has 0 aliphatic carbocycles. The molecule has 2 amide bonds. The molecule has 0 aliphatic heterocycles. The molecule has 206 valence electrons. The van der Waals surface area contributed by atoms with Crippen LogP contribution in [0, 0.1) is 0 Å². The number of ether oxygens (including phenoxy) is 1. The van der Waals surface area contributed by atoms with Crippen molar-refractivity contribution in [1.29, 1.82) is 0 Å². The largest absolute Gasteiger partial charge is 0.484 e. The second-order valence-corrected chi connectivity index (χ2v) is 10.3. The van der Waals surface area contributed by atoms with Gasteiger partial charge in [-0.3, -0.25) is 9.59 Å². The lowest BCUT2D eigenvalue weighted by Gasteiger charge is -2.34. The maximum atomic E-state index is 13.5. The van der Waals surface area contributed by atoms with Crippen LogP contribution >= 0.6 is 11.6 Å². The van der Waals surface area contributed by atoms with Gasteiger partial charge in [-0.05, 0) is 75.9 Å². The topological polar surface area (TPSA) is 76.5 Å². The summed E-state index contributed by atoms with van der Waals surface area (Å²) in [5.41, 5.74) is 1.92. The summed E-state index contributed by atoms with van der Waals surface area (Å²) in [7, 11) is 0. The van der Waals surface area contributed by atoms with Crippen LogP contribution in [0.2, 0.25) is 5.02 Å². The summed E-state index contributed by atoms with van der Waals surface area (Å²) in [6.45, 7) is 9.37. The first-order chi connectivity index (χ1) is 18.3. The number of amides is 2. The van der Waals surface area contributed by atoms with E-state index in [2.05, 4.69) is 37.6 Å². The van der Waals surface area contributed by atoms with Crippen LogP contribution in [0.1, 0.15) is 65.6 Å². The molecule has 0 bridgehead atoms. The van der Waals surface area contributed by atoms with Gasteiger partial charge in [-0.2, -0.15) is 0 Å². The van der Waals surface area contributed by atoms with E-state index < -0.39 is 0 Å². The highest BCUT2D eigenvalue weighted by Crippen LogP contribution is 2.20. The van der Waals surface area contributed by atoms with E-state index >= 15 is 0 Å². The van der Waals surface area contributed by atoms with Gasteiger partial charge in [0.25, 0.3) is 5.91 Å². The van der Waals surface area contributed by atoms with Crippen LogP contribution in [0.15, 0.2) is 48.5 Å². The van der Waals surface area contributed by atoms with E-state index in [0.717, 1.165) is 55.4 Å². The fourth-order valence-electron chi connectivity index (χ4n) is 4.57. The quantitative estimate of drug-likeness (QED) is 0.239. The first-order valence-corrected chi connectivity index (χ1v) is 14.1. The van der Waals surface area contributed by atoms with Gasteiger partial charge in [-0.1, -0.05) is 44.0 Å². The van der Waals surface area contributed by atoms with Gasteiger partial charge in [0.05, 0.1) is 11.0 Å². The zero-order valence-corrected chi connectivity index (χ0v) is 23.8. The van der Waals surface area contributed by atoms with Crippen molar-refractivity contribution in [3.05, 3.63) is 59.4 Å². The maximum absolute atomic E-state index is 13.5. The third kappa shape index (κ3) is 8.22. The first kappa shape index (κ1) is 29.5. The van der Waals surface area contributed by atoms with Crippen molar-refractivity contribution >= 4 is 34.4 Å². The molecule has 3 aromatic rings. The summed E-state index contributed by atoms with van der Waals surface area (Å²) >= 11 is 5.86. The number of nitrogens with one attached hydrogen (secondary N) is 1. The van der Waals surface area contributed by atoms with Crippen LogP contribution in [0.4, 0.5) is 0 Å². The number of halogens is 1. The number of aromatic nitrogens is 2. The number of unbranched alkanes of at least 4 members (excludes halogenated alkanes) is 2. The molecule has 1 aromatic heterocycles. The number of benzene rings is 2. The summed E-state index contributed by atoms with van der Waals surface area (Å²) in [6.07, 6.45) is 5.37. The molecule has 1 N–H and O–H groups in total. The highest BCUT2D eigenvalue weighted by molar-refractivity contribution is 6.30. The zero-order valence-electron chi connectivity index (χ0n) is 23.1. The van der Waals surface area contributed by atoms with E-state index in [-0.39, 0.29) is 30.5 Å². The Kier molecular flexibility index (Phi) is 11.5. The summed E-state index contributed by atoms with van der Waals surface area (Å²) < 4.78 is 7.57. The Morgan fingerprint density at radius 1 is 1.00 bits per heavy atom. The van der Waals surface area contributed by atoms with Crippen molar-refractivity contribution < 1.29 is 14.3 Å². The van der Waals surface area contributed by atoms with E-state index in [1.165, 1.54) is 0 Å². The van der Waals surface area contributed by atoms with Crippen LogP contribution in [0.25, 0.3) is 11.0 Å². The van der Waals surface area contributed by atoms with Gasteiger partial charge < -0.3 is 19.5 Å². The number of carbonyl (C=O) groups is 2. The van der Waals surface area contributed by atoms with Crippen LogP contribution in [-0.4, -0.2) is 51.5 Å². The van der Waals surface area contributed by atoms with E-state index in [0.29, 0.717) is 23.9 Å². The molecule has 2 atom stereocenters. The summed E-state index contributed by atoms with van der Waals surface area (Å²) in [6, 6.07) is 15.3. The van der Waals surface area contributed by atoms with Crippen LogP contribution in [-0.2, 0) is 22.6 Å². The average Bonchev–Trinajstić information content (AvgIpc) is 3.27. The SMILES string of the molecule is CCC(C)N(C(=O)Cn1c(CCCCCNC(=O)COc2ccc(Cl)cc2)nc2ccccc21)C(C)CC. The normalized spacial score (nSPS) is 12.8. The Morgan fingerprint density at radius 2 is 1.68 bits per heavy atom. The molecular formula is C30H41ClN4O3. The van der Waals surface area contributed by atoms with E-state index in [4.69, 9.17) is 21.3 Å². The highest BCUT2D eigenvalue weighted by Gasteiger charge is 2.25. The molecule has 38 heavy (non-hydrogen) atoms. The highest BCUT2D eigenvalue weighted by atomic mass is 35.5. The number of imidazole rings is 1. The fraction of sp³-hybridized carbons (Fsp3) is 0.500. The van der Waals surface area contributed by atoms with Crippen LogP contribution in [0.3, 0.4) is 0 Å². The van der Waals surface area contributed by atoms with Gasteiger partial charge in [0, 0.05) is 30.1 Å². The van der Waals surface area contributed by atoms with Crippen molar-refractivity contribution in [1.82, 2.24) is 19.8 Å². The average molecular weight is 541 g/mol. The zero-order chi connectivity index (χ0) is 27.5. The minimum Gasteiger partial charge on any atom is -0.484 e. The molecule has 0 saturated heterocycles. The molecule has 0 aliphatic rings. The lowest BCUT2D eigenvalue weighted by atomic mass is 10.1. The molecule has 3 rings (SSSR count). The Labute approximate surface area is 231 Å². The van der Waals surface area contributed by atoms with Crippen LogP contribution < -0.4 is 10.1 Å². The maximum Gasteiger partial charge on any atom is 0.257 e. The lowest BCUT2D eigenvalue weighted by molar-refractivity contribution is -0.136. The Morgan fingerprint density at radius 3 is 2.37 bits per heavy atom. The number of fused-ring (bicyclic) bond motifs is 1. The first-order valence-electron chi connectivity index (χ1n) is 13.7. The predicted molar refractivity (Wildman–Crippen MR) is 154 cm³/mol. The number of rotatable bonds is 15. The third-order valence-corrected chi connectivity index (χ3v) is 7.28. The molecule has 2 unspecified atom stereocenters. The Bertz CT molecular complexity index is 1170. The minimum absolute atomic E-state index is 0.0238. The van der Waals surface area contributed by atoms with Gasteiger partial charge in [-0.25, -0.2) is 4.98 Å². The number of hydrogen-bond donors (Lipinski definition) is 1. The summed E-state index contributed by atoms with van der Waals surface area (Å²) in [5.74, 6) is 1.55. The van der Waals surface area contributed by atoms with Crippen molar-refractivity contribution in [3.63, 3.8) is 0 Å². The lowest BCUT2D eigenvalue weighted by Crippen LogP contribution is -2.45. The predicted octanol–water partition coefficient (Wildman–Crippen LogP) is 6.02. The van der Waals surface area contributed by atoms with Crippen molar-refractivity contribution in [3.8, 4) is 5.75 Å². The van der Waals surface area contributed by atoms with Gasteiger partial charge in [-0.15, -0.1) is 0 Å². The van der Waals surface area contributed by atoms with Gasteiger partial charge in [0.2, 0.25) is 5.91 Å². The molecular weight excluding hydrogens is 500 g/mol.